The zero-order valence-corrected chi connectivity index (χ0v) is 23.0. The molecule has 2 aromatic carbocycles. The highest BCUT2D eigenvalue weighted by Gasteiger charge is 2.24. The molecule has 0 unspecified atom stereocenters. The normalized spacial score (nSPS) is 24.6. The molecule has 2 saturated carbocycles. The number of unbranched alkanes of at least 4 members (excludes halogenated alkanes) is 4. The van der Waals surface area contributed by atoms with Gasteiger partial charge in [0, 0.05) is 12.2 Å². The average Bonchev–Trinajstić information content (AvgIpc) is 2.92. The van der Waals surface area contributed by atoms with Crippen molar-refractivity contribution in [2.24, 2.45) is 5.92 Å². The summed E-state index contributed by atoms with van der Waals surface area (Å²) in [6.07, 6.45) is 19.4. The minimum absolute atomic E-state index is 0.0633. The fourth-order valence-electron chi connectivity index (χ4n) is 6.56. The molecule has 4 rings (SSSR count). The van der Waals surface area contributed by atoms with Gasteiger partial charge in [0.05, 0.1) is 6.10 Å². The zero-order chi connectivity index (χ0) is 25.2. The zero-order valence-electron chi connectivity index (χ0n) is 23.0. The maximum atomic E-state index is 15.2. The Morgan fingerprint density at radius 1 is 0.694 bits per heavy atom. The first-order chi connectivity index (χ1) is 17.7. The number of ether oxygens (including phenoxy) is 1. The van der Waals surface area contributed by atoms with Crippen molar-refractivity contribution in [2.75, 3.05) is 6.61 Å². The molecule has 2 aromatic rings. The summed E-state index contributed by atoms with van der Waals surface area (Å²) in [7, 11) is 0. The summed E-state index contributed by atoms with van der Waals surface area (Å²) in [6.45, 7) is 5.40. The minimum Gasteiger partial charge on any atom is -0.378 e. The number of hydrogen-bond acceptors (Lipinski definition) is 1. The van der Waals surface area contributed by atoms with Crippen molar-refractivity contribution in [3.63, 3.8) is 0 Å². The molecule has 0 radical (unpaired) electrons. The molecule has 0 bridgehead atoms. The third kappa shape index (κ3) is 7.67. The smallest absolute Gasteiger partial charge is 0.131 e. The van der Waals surface area contributed by atoms with Gasteiger partial charge in [0.2, 0.25) is 0 Å². The van der Waals surface area contributed by atoms with Gasteiger partial charge < -0.3 is 4.74 Å². The molecule has 0 spiro atoms. The standard InChI is InChI=1S/C34H49FO/c1-3-5-7-8-9-26-10-12-29(13-11-26)31-20-23-33(34(35)25-31)30-16-14-27(15-17-30)28-18-21-32(22-19-28)36-24-6-4-2/h14-17,20,23,25-26,28-29,32H,3-13,18-19,21-22,24H2,1-2H3. The first-order valence-corrected chi connectivity index (χ1v) is 15.2. The van der Waals surface area contributed by atoms with E-state index in [4.69, 9.17) is 4.74 Å². The Kier molecular flexibility index (Phi) is 10.9. The monoisotopic (exact) mass is 492 g/mol. The van der Waals surface area contributed by atoms with Gasteiger partial charge in [0.25, 0.3) is 0 Å². The highest BCUT2D eigenvalue weighted by molar-refractivity contribution is 5.65. The van der Waals surface area contributed by atoms with Crippen molar-refractivity contribution in [1.82, 2.24) is 0 Å². The summed E-state index contributed by atoms with van der Waals surface area (Å²) in [4.78, 5) is 0. The highest BCUT2D eigenvalue weighted by atomic mass is 19.1. The average molecular weight is 493 g/mol. The number of benzene rings is 2. The van der Waals surface area contributed by atoms with Crippen LogP contribution in [0, 0.1) is 11.7 Å². The fraction of sp³-hybridized carbons (Fsp3) is 0.647. The van der Waals surface area contributed by atoms with E-state index in [1.54, 1.807) is 0 Å². The maximum absolute atomic E-state index is 15.2. The maximum Gasteiger partial charge on any atom is 0.131 e. The lowest BCUT2D eigenvalue weighted by Gasteiger charge is -2.29. The Morgan fingerprint density at radius 3 is 2.00 bits per heavy atom. The van der Waals surface area contributed by atoms with E-state index in [-0.39, 0.29) is 5.82 Å². The third-order valence-corrected chi connectivity index (χ3v) is 9.00. The molecule has 198 valence electrons. The van der Waals surface area contributed by atoms with E-state index >= 15 is 4.39 Å². The van der Waals surface area contributed by atoms with Crippen LogP contribution in [-0.4, -0.2) is 12.7 Å². The molecule has 2 aliphatic rings. The molecule has 0 heterocycles. The van der Waals surface area contributed by atoms with Crippen molar-refractivity contribution in [2.45, 2.75) is 128 Å². The van der Waals surface area contributed by atoms with Crippen molar-refractivity contribution in [1.29, 1.82) is 0 Å². The van der Waals surface area contributed by atoms with E-state index in [0.29, 0.717) is 17.9 Å². The van der Waals surface area contributed by atoms with Gasteiger partial charge in [-0.2, -0.15) is 0 Å². The van der Waals surface area contributed by atoms with Crippen molar-refractivity contribution >= 4 is 0 Å². The first kappa shape index (κ1) is 27.4. The van der Waals surface area contributed by atoms with Gasteiger partial charge in [-0.1, -0.05) is 88.8 Å². The molecule has 0 amide bonds. The molecule has 0 N–H and O–H groups in total. The Balaban J connectivity index is 1.28. The van der Waals surface area contributed by atoms with Gasteiger partial charge in [-0.25, -0.2) is 4.39 Å². The molecule has 0 saturated heterocycles. The lowest BCUT2D eigenvalue weighted by molar-refractivity contribution is 0.0232. The Hall–Kier alpha value is -1.67. The summed E-state index contributed by atoms with van der Waals surface area (Å²) in [6, 6.07) is 14.8. The number of hydrogen-bond donors (Lipinski definition) is 0. The van der Waals surface area contributed by atoms with Crippen LogP contribution in [0.4, 0.5) is 4.39 Å². The molecule has 2 aliphatic carbocycles. The van der Waals surface area contributed by atoms with Gasteiger partial charge in [0.1, 0.15) is 5.82 Å². The Bertz CT molecular complexity index is 888. The van der Waals surface area contributed by atoms with E-state index in [0.717, 1.165) is 36.5 Å². The van der Waals surface area contributed by atoms with E-state index in [2.05, 4.69) is 44.2 Å². The van der Waals surface area contributed by atoms with Gasteiger partial charge >= 0.3 is 0 Å². The van der Waals surface area contributed by atoms with Gasteiger partial charge in [0.15, 0.2) is 0 Å². The van der Waals surface area contributed by atoms with E-state index in [1.807, 2.05) is 12.1 Å². The lowest BCUT2D eigenvalue weighted by atomic mass is 9.77. The van der Waals surface area contributed by atoms with Gasteiger partial charge in [-0.05, 0) is 98.3 Å². The van der Waals surface area contributed by atoms with Crippen LogP contribution in [0.15, 0.2) is 42.5 Å². The summed E-state index contributed by atoms with van der Waals surface area (Å²) in [5, 5.41) is 0. The SMILES string of the molecule is CCCCCCC1CCC(c2ccc(-c3ccc(C4CCC(OCCCC)CC4)cc3)c(F)c2)CC1. The fourth-order valence-corrected chi connectivity index (χ4v) is 6.56. The van der Waals surface area contributed by atoms with Crippen LogP contribution in [0.2, 0.25) is 0 Å². The molecule has 0 aliphatic heterocycles. The summed E-state index contributed by atoms with van der Waals surface area (Å²) in [5.74, 6) is 1.97. The largest absolute Gasteiger partial charge is 0.378 e. The molecular formula is C34H49FO. The molecule has 1 nitrogen and oxygen atoms in total. The van der Waals surface area contributed by atoms with Crippen LogP contribution >= 0.6 is 0 Å². The second-order valence-electron chi connectivity index (χ2n) is 11.6. The van der Waals surface area contributed by atoms with Crippen LogP contribution in [0.1, 0.15) is 133 Å². The second-order valence-corrected chi connectivity index (χ2v) is 11.6. The molecule has 36 heavy (non-hydrogen) atoms. The van der Waals surface area contributed by atoms with Crippen molar-refractivity contribution < 1.29 is 9.13 Å². The van der Waals surface area contributed by atoms with Crippen molar-refractivity contribution in [3.05, 3.63) is 59.4 Å². The predicted octanol–water partition coefficient (Wildman–Crippen LogP) is 10.6. The van der Waals surface area contributed by atoms with Crippen LogP contribution < -0.4 is 0 Å². The van der Waals surface area contributed by atoms with E-state index in [1.165, 1.54) is 94.6 Å². The molecular weight excluding hydrogens is 443 g/mol. The quantitative estimate of drug-likeness (QED) is 0.268. The molecule has 2 heteroatoms. The Morgan fingerprint density at radius 2 is 1.33 bits per heavy atom. The third-order valence-electron chi connectivity index (χ3n) is 9.00. The van der Waals surface area contributed by atoms with E-state index in [9.17, 15) is 0 Å². The van der Waals surface area contributed by atoms with Gasteiger partial charge in [-0.3, -0.25) is 0 Å². The first-order valence-electron chi connectivity index (χ1n) is 15.2. The minimum atomic E-state index is -0.0633. The molecule has 2 fully saturated rings. The van der Waals surface area contributed by atoms with Crippen LogP contribution in [0.25, 0.3) is 11.1 Å². The van der Waals surface area contributed by atoms with Gasteiger partial charge in [-0.15, -0.1) is 0 Å². The van der Waals surface area contributed by atoms with Crippen molar-refractivity contribution in [3.8, 4) is 11.1 Å². The lowest BCUT2D eigenvalue weighted by Crippen LogP contribution is -2.21. The summed E-state index contributed by atoms with van der Waals surface area (Å²) >= 11 is 0. The Labute approximate surface area is 220 Å². The van der Waals surface area contributed by atoms with Crippen LogP contribution in [0.3, 0.4) is 0 Å². The number of rotatable bonds is 12. The van der Waals surface area contributed by atoms with Crippen LogP contribution in [-0.2, 0) is 4.74 Å². The molecule has 0 aromatic heterocycles. The predicted molar refractivity (Wildman–Crippen MR) is 151 cm³/mol. The topological polar surface area (TPSA) is 9.23 Å². The highest BCUT2D eigenvalue weighted by Crippen LogP contribution is 2.39. The molecule has 0 atom stereocenters. The summed E-state index contributed by atoms with van der Waals surface area (Å²) in [5.41, 5.74) is 4.34. The number of halogens is 1. The second kappa shape index (κ2) is 14.3. The van der Waals surface area contributed by atoms with E-state index < -0.39 is 0 Å². The van der Waals surface area contributed by atoms with Crippen LogP contribution in [0.5, 0.6) is 0 Å². The summed E-state index contributed by atoms with van der Waals surface area (Å²) < 4.78 is 21.3.